The summed E-state index contributed by atoms with van der Waals surface area (Å²) in [7, 11) is 0. The molecule has 0 aliphatic heterocycles. The molecule has 0 N–H and O–H groups in total. The van der Waals surface area contributed by atoms with Crippen LogP contribution in [0.5, 0.6) is 0 Å². The summed E-state index contributed by atoms with van der Waals surface area (Å²) in [5.41, 5.74) is 1.29. The molecule has 0 radical (unpaired) electrons. The SMILES string of the molecule is CSc1ncc2cc(-c3ccccc3)c(=O)oc2n1. The van der Waals surface area contributed by atoms with E-state index in [2.05, 4.69) is 9.97 Å². The van der Waals surface area contributed by atoms with Crippen LogP contribution in [0.25, 0.3) is 22.2 Å². The first kappa shape index (κ1) is 11.9. The Morgan fingerprint density at radius 1 is 1.21 bits per heavy atom. The first-order valence-electron chi connectivity index (χ1n) is 5.68. The number of fused-ring (bicyclic) bond motifs is 1. The van der Waals surface area contributed by atoms with Crippen molar-refractivity contribution in [2.45, 2.75) is 5.16 Å². The molecule has 0 amide bonds. The minimum atomic E-state index is -0.385. The quantitative estimate of drug-likeness (QED) is 0.529. The standard InChI is InChI=1S/C14H10N2O2S/c1-19-14-15-8-10-7-11(9-5-3-2-4-6-9)13(17)18-12(10)16-14/h2-8H,1H3. The third-order valence-electron chi connectivity index (χ3n) is 2.73. The molecule has 0 fully saturated rings. The van der Waals surface area contributed by atoms with Crippen LogP contribution in [0.15, 0.2) is 57.0 Å². The minimum Gasteiger partial charge on any atom is -0.403 e. The van der Waals surface area contributed by atoms with Gasteiger partial charge in [0.2, 0.25) is 5.71 Å². The van der Waals surface area contributed by atoms with Gasteiger partial charge in [0, 0.05) is 6.20 Å². The van der Waals surface area contributed by atoms with Crippen LogP contribution in [0.2, 0.25) is 0 Å². The van der Waals surface area contributed by atoms with Gasteiger partial charge in [-0.15, -0.1) is 0 Å². The smallest absolute Gasteiger partial charge is 0.345 e. The van der Waals surface area contributed by atoms with E-state index in [9.17, 15) is 4.79 Å². The predicted molar refractivity (Wildman–Crippen MR) is 75.3 cm³/mol. The third kappa shape index (κ3) is 2.24. The zero-order valence-corrected chi connectivity index (χ0v) is 11.0. The van der Waals surface area contributed by atoms with Gasteiger partial charge in [-0.05, 0) is 17.9 Å². The number of hydrogen-bond acceptors (Lipinski definition) is 5. The molecule has 0 atom stereocenters. The first-order chi connectivity index (χ1) is 9.28. The lowest BCUT2D eigenvalue weighted by atomic mass is 10.1. The van der Waals surface area contributed by atoms with E-state index < -0.39 is 0 Å². The number of thioether (sulfide) groups is 1. The molecular weight excluding hydrogens is 260 g/mol. The lowest BCUT2D eigenvalue weighted by Gasteiger charge is -2.02. The maximum absolute atomic E-state index is 12.0. The second kappa shape index (κ2) is 4.85. The molecule has 3 aromatic rings. The second-order valence-corrected chi connectivity index (χ2v) is 4.70. The summed E-state index contributed by atoms with van der Waals surface area (Å²) in [5.74, 6) is 0. The molecule has 5 heteroatoms. The molecule has 4 nitrogen and oxygen atoms in total. The Bertz CT molecular complexity index is 784. The molecule has 1 aromatic carbocycles. The van der Waals surface area contributed by atoms with E-state index in [1.165, 1.54) is 11.8 Å². The van der Waals surface area contributed by atoms with Crippen molar-refractivity contribution in [3.05, 3.63) is 53.0 Å². The van der Waals surface area contributed by atoms with E-state index in [-0.39, 0.29) is 5.63 Å². The van der Waals surface area contributed by atoms with Crippen LogP contribution in [0, 0.1) is 0 Å². The maximum Gasteiger partial charge on any atom is 0.345 e. The van der Waals surface area contributed by atoms with Crippen molar-refractivity contribution >= 4 is 22.9 Å². The molecule has 0 saturated carbocycles. The van der Waals surface area contributed by atoms with Gasteiger partial charge < -0.3 is 4.42 Å². The van der Waals surface area contributed by atoms with E-state index in [4.69, 9.17) is 4.42 Å². The molecule has 94 valence electrons. The van der Waals surface area contributed by atoms with E-state index in [1.807, 2.05) is 36.6 Å². The zero-order chi connectivity index (χ0) is 13.2. The summed E-state index contributed by atoms with van der Waals surface area (Å²) in [5, 5.41) is 1.30. The van der Waals surface area contributed by atoms with E-state index in [1.54, 1.807) is 12.3 Å². The van der Waals surface area contributed by atoms with Crippen molar-refractivity contribution in [3.63, 3.8) is 0 Å². The summed E-state index contributed by atoms with van der Waals surface area (Å²) in [6.45, 7) is 0. The van der Waals surface area contributed by atoms with Gasteiger partial charge in [-0.3, -0.25) is 0 Å². The van der Waals surface area contributed by atoms with Gasteiger partial charge >= 0.3 is 5.63 Å². The molecule has 0 spiro atoms. The van der Waals surface area contributed by atoms with Gasteiger partial charge in [-0.2, -0.15) is 4.98 Å². The molecule has 0 aliphatic rings. The van der Waals surface area contributed by atoms with E-state index in [0.717, 1.165) is 10.9 Å². The highest BCUT2D eigenvalue weighted by atomic mass is 32.2. The molecule has 0 saturated heterocycles. The van der Waals surface area contributed by atoms with Crippen molar-refractivity contribution in [2.24, 2.45) is 0 Å². The van der Waals surface area contributed by atoms with Gasteiger partial charge in [-0.25, -0.2) is 9.78 Å². The molecule has 19 heavy (non-hydrogen) atoms. The first-order valence-corrected chi connectivity index (χ1v) is 6.91. The van der Waals surface area contributed by atoms with E-state index >= 15 is 0 Å². The Kier molecular flexibility index (Phi) is 3.05. The van der Waals surface area contributed by atoms with Crippen molar-refractivity contribution in [1.29, 1.82) is 0 Å². The van der Waals surface area contributed by atoms with Crippen LogP contribution in [0.1, 0.15) is 0 Å². The predicted octanol–water partition coefficient (Wildman–Crippen LogP) is 2.97. The van der Waals surface area contributed by atoms with Crippen LogP contribution in [0.4, 0.5) is 0 Å². The van der Waals surface area contributed by atoms with Crippen molar-refractivity contribution in [3.8, 4) is 11.1 Å². The normalized spacial score (nSPS) is 10.8. The lowest BCUT2D eigenvalue weighted by molar-refractivity contribution is 0.546. The fourth-order valence-corrected chi connectivity index (χ4v) is 2.15. The summed E-state index contributed by atoms with van der Waals surface area (Å²) in [4.78, 5) is 20.4. The lowest BCUT2D eigenvalue weighted by Crippen LogP contribution is -2.03. The molecule has 0 unspecified atom stereocenters. The minimum absolute atomic E-state index is 0.323. The summed E-state index contributed by atoms with van der Waals surface area (Å²) in [6.07, 6.45) is 3.54. The Labute approximate surface area is 113 Å². The Morgan fingerprint density at radius 3 is 2.74 bits per heavy atom. The van der Waals surface area contributed by atoms with Gasteiger partial charge in [0.15, 0.2) is 5.16 Å². The average molecular weight is 270 g/mol. The topological polar surface area (TPSA) is 56.0 Å². The third-order valence-corrected chi connectivity index (χ3v) is 3.30. The van der Waals surface area contributed by atoms with Crippen LogP contribution >= 0.6 is 11.8 Å². The van der Waals surface area contributed by atoms with E-state index in [0.29, 0.717) is 16.4 Å². The Balaban J connectivity index is 2.23. The number of nitrogens with zero attached hydrogens (tertiary/aromatic N) is 2. The molecular formula is C14H10N2O2S. The van der Waals surface area contributed by atoms with Crippen LogP contribution in [-0.4, -0.2) is 16.2 Å². The molecule has 0 bridgehead atoms. The van der Waals surface area contributed by atoms with Gasteiger partial charge in [-0.1, -0.05) is 42.1 Å². The van der Waals surface area contributed by atoms with Crippen molar-refractivity contribution in [2.75, 3.05) is 6.26 Å². The van der Waals surface area contributed by atoms with Gasteiger partial charge in [0.25, 0.3) is 0 Å². The molecule has 2 heterocycles. The van der Waals surface area contributed by atoms with Crippen LogP contribution in [0.3, 0.4) is 0 Å². The summed E-state index contributed by atoms with van der Waals surface area (Å²) in [6, 6.07) is 11.2. The van der Waals surface area contributed by atoms with Gasteiger partial charge in [0.05, 0.1) is 10.9 Å². The second-order valence-electron chi connectivity index (χ2n) is 3.93. The number of rotatable bonds is 2. The summed E-state index contributed by atoms with van der Waals surface area (Å²) >= 11 is 1.41. The molecule has 3 rings (SSSR count). The van der Waals surface area contributed by atoms with Crippen molar-refractivity contribution in [1.82, 2.24) is 9.97 Å². The monoisotopic (exact) mass is 270 g/mol. The zero-order valence-electron chi connectivity index (χ0n) is 10.2. The van der Waals surface area contributed by atoms with Crippen LogP contribution in [-0.2, 0) is 0 Å². The Hall–Kier alpha value is -2.14. The highest BCUT2D eigenvalue weighted by Crippen LogP contribution is 2.20. The molecule has 2 aromatic heterocycles. The number of benzene rings is 1. The highest BCUT2D eigenvalue weighted by molar-refractivity contribution is 7.98. The summed E-state index contributed by atoms with van der Waals surface area (Å²) < 4.78 is 5.27. The van der Waals surface area contributed by atoms with Gasteiger partial charge in [0.1, 0.15) is 0 Å². The number of aromatic nitrogens is 2. The molecule has 0 aliphatic carbocycles. The van der Waals surface area contributed by atoms with Crippen molar-refractivity contribution < 1.29 is 4.42 Å². The fraction of sp³-hybridized carbons (Fsp3) is 0.0714. The largest absolute Gasteiger partial charge is 0.403 e. The average Bonchev–Trinajstić information content (AvgIpc) is 2.47. The number of hydrogen-bond donors (Lipinski definition) is 0. The Morgan fingerprint density at radius 2 is 2.00 bits per heavy atom. The fourth-order valence-electron chi connectivity index (χ4n) is 1.82. The highest BCUT2D eigenvalue weighted by Gasteiger charge is 2.09. The maximum atomic E-state index is 12.0. The van der Waals surface area contributed by atoms with Crippen LogP contribution < -0.4 is 5.63 Å².